The first-order chi connectivity index (χ1) is 8.52. The fourth-order valence-corrected chi connectivity index (χ4v) is 1.20. The Morgan fingerprint density at radius 2 is 1.78 bits per heavy atom. The van der Waals surface area contributed by atoms with Crippen LogP contribution < -0.4 is 10.7 Å². The van der Waals surface area contributed by atoms with Crippen molar-refractivity contribution in [1.29, 1.82) is 0 Å². The second-order valence-corrected chi connectivity index (χ2v) is 3.90. The van der Waals surface area contributed by atoms with E-state index < -0.39 is 0 Å². The Labute approximate surface area is 106 Å². The highest BCUT2D eigenvalue weighted by molar-refractivity contribution is 5.96. The summed E-state index contributed by atoms with van der Waals surface area (Å²) in [7, 11) is 0. The number of nitrogens with zero attached hydrogens (tertiary/aromatic N) is 1. The van der Waals surface area contributed by atoms with E-state index in [9.17, 15) is 9.59 Å². The summed E-state index contributed by atoms with van der Waals surface area (Å²) in [5.74, 6) is -0.410. The van der Waals surface area contributed by atoms with Gasteiger partial charge in [0.2, 0.25) is 5.91 Å². The third-order valence-corrected chi connectivity index (χ3v) is 2.33. The number of rotatable bonds is 4. The zero-order valence-corrected chi connectivity index (χ0v) is 10.8. The fraction of sp³-hybridized carbons (Fsp3) is 0.308. The first-order valence-electron chi connectivity index (χ1n) is 5.74. The van der Waals surface area contributed by atoms with Gasteiger partial charge in [-0.1, -0.05) is 6.92 Å². The van der Waals surface area contributed by atoms with Crippen molar-refractivity contribution in [3.8, 4) is 0 Å². The molecule has 0 aliphatic carbocycles. The van der Waals surface area contributed by atoms with Crippen molar-refractivity contribution in [1.82, 2.24) is 5.43 Å². The highest BCUT2D eigenvalue weighted by Crippen LogP contribution is 2.09. The van der Waals surface area contributed by atoms with Gasteiger partial charge in [-0.25, -0.2) is 5.43 Å². The second kappa shape index (κ2) is 6.54. The van der Waals surface area contributed by atoms with Gasteiger partial charge in [-0.05, 0) is 37.6 Å². The van der Waals surface area contributed by atoms with Crippen LogP contribution in [-0.4, -0.2) is 17.5 Å². The average Bonchev–Trinajstić information content (AvgIpc) is 2.35. The van der Waals surface area contributed by atoms with Gasteiger partial charge in [0.1, 0.15) is 0 Å². The number of anilines is 1. The zero-order chi connectivity index (χ0) is 13.5. The Morgan fingerprint density at radius 1 is 1.17 bits per heavy atom. The molecule has 0 atom stereocenters. The van der Waals surface area contributed by atoms with E-state index in [-0.39, 0.29) is 11.8 Å². The maximum absolute atomic E-state index is 11.7. The van der Waals surface area contributed by atoms with Crippen LogP contribution in [-0.2, 0) is 4.79 Å². The molecule has 0 bridgehead atoms. The van der Waals surface area contributed by atoms with Gasteiger partial charge in [-0.15, -0.1) is 0 Å². The summed E-state index contributed by atoms with van der Waals surface area (Å²) < 4.78 is 0. The molecule has 1 aromatic carbocycles. The minimum atomic E-state index is -0.267. The Bertz CT molecular complexity index is 464. The molecule has 0 saturated carbocycles. The molecule has 0 unspecified atom stereocenters. The van der Waals surface area contributed by atoms with Gasteiger partial charge in [0.05, 0.1) is 0 Å². The number of amides is 2. The highest BCUT2D eigenvalue weighted by Gasteiger charge is 2.04. The largest absolute Gasteiger partial charge is 0.326 e. The van der Waals surface area contributed by atoms with Gasteiger partial charge < -0.3 is 5.32 Å². The van der Waals surface area contributed by atoms with E-state index in [2.05, 4.69) is 15.8 Å². The number of carbonyl (C=O) groups is 2. The number of nitrogens with one attached hydrogen (secondary N) is 2. The van der Waals surface area contributed by atoms with Crippen LogP contribution in [0, 0.1) is 0 Å². The predicted octanol–water partition coefficient (Wildman–Crippen LogP) is 2.16. The van der Waals surface area contributed by atoms with Crippen molar-refractivity contribution in [2.45, 2.75) is 27.2 Å². The molecule has 0 saturated heterocycles. The summed E-state index contributed by atoms with van der Waals surface area (Å²) in [6, 6.07) is 6.62. The summed E-state index contributed by atoms with van der Waals surface area (Å²) in [5, 5.41) is 6.57. The van der Waals surface area contributed by atoms with Crippen molar-refractivity contribution in [2.24, 2.45) is 5.10 Å². The van der Waals surface area contributed by atoms with Gasteiger partial charge in [0, 0.05) is 23.9 Å². The Kier molecular flexibility index (Phi) is 5.05. The topological polar surface area (TPSA) is 70.6 Å². The molecule has 0 fully saturated rings. The molecule has 96 valence electrons. The molecular weight excluding hydrogens is 230 g/mol. The zero-order valence-electron chi connectivity index (χ0n) is 10.8. The third kappa shape index (κ3) is 4.37. The Hall–Kier alpha value is -2.17. The van der Waals surface area contributed by atoms with E-state index in [1.54, 1.807) is 24.3 Å². The quantitative estimate of drug-likeness (QED) is 0.632. The molecular formula is C13H17N3O2. The van der Waals surface area contributed by atoms with Crippen LogP contribution in [0.25, 0.3) is 0 Å². The molecule has 1 aromatic rings. The molecule has 2 amide bonds. The summed E-state index contributed by atoms with van der Waals surface area (Å²) in [4.78, 5) is 22.5. The van der Waals surface area contributed by atoms with Crippen LogP contribution >= 0.6 is 0 Å². The smallest absolute Gasteiger partial charge is 0.271 e. The lowest BCUT2D eigenvalue weighted by molar-refractivity contribution is -0.114. The minimum Gasteiger partial charge on any atom is -0.326 e. The van der Waals surface area contributed by atoms with Crippen LogP contribution in [0.5, 0.6) is 0 Å². The van der Waals surface area contributed by atoms with E-state index in [0.29, 0.717) is 11.3 Å². The van der Waals surface area contributed by atoms with Crippen LogP contribution in [0.15, 0.2) is 29.4 Å². The SMILES string of the molecule is CC/C(C)=N/NC(=O)c1ccc(NC(C)=O)cc1. The van der Waals surface area contributed by atoms with E-state index in [0.717, 1.165) is 12.1 Å². The maximum Gasteiger partial charge on any atom is 0.271 e. The number of hydrogen-bond acceptors (Lipinski definition) is 3. The number of carbonyl (C=O) groups excluding carboxylic acids is 2. The molecule has 0 heterocycles. The number of benzene rings is 1. The highest BCUT2D eigenvalue weighted by atomic mass is 16.2. The van der Waals surface area contributed by atoms with Crippen molar-refractivity contribution >= 4 is 23.2 Å². The summed E-state index contributed by atoms with van der Waals surface area (Å²) in [6.07, 6.45) is 0.793. The van der Waals surface area contributed by atoms with Gasteiger partial charge in [0.15, 0.2) is 0 Å². The van der Waals surface area contributed by atoms with Crippen LogP contribution in [0.3, 0.4) is 0 Å². The van der Waals surface area contributed by atoms with Crippen molar-refractivity contribution in [3.05, 3.63) is 29.8 Å². The first kappa shape index (κ1) is 13.9. The van der Waals surface area contributed by atoms with E-state index in [4.69, 9.17) is 0 Å². The van der Waals surface area contributed by atoms with Gasteiger partial charge in [-0.2, -0.15) is 5.10 Å². The van der Waals surface area contributed by atoms with E-state index >= 15 is 0 Å². The molecule has 5 nitrogen and oxygen atoms in total. The van der Waals surface area contributed by atoms with Crippen LogP contribution in [0.2, 0.25) is 0 Å². The minimum absolute atomic E-state index is 0.143. The Morgan fingerprint density at radius 3 is 2.28 bits per heavy atom. The number of hydrazone groups is 1. The molecule has 0 aromatic heterocycles. The second-order valence-electron chi connectivity index (χ2n) is 3.90. The van der Waals surface area contributed by atoms with Crippen LogP contribution in [0.4, 0.5) is 5.69 Å². The molecule has 0 spiro atoms. The first-order valence-corrected chi connectivity index (χ1v) is 5.74. The Balaban J connectivity index is 2.67. The molecule has 0 aliphatic heterocycles. The molecule has 0 aliphatic rings. The predicted molar refractivity (Wildman–Crippen MR) is 71.6 cm³/mol. The summed E-state index contributed by atoms with van der Waals surface area (Å²) >= 11 is 0. The van der Waals surface area contributed by atoms with Gasteiger partial charge in [0.25, 0.3) is 5.91 Å². The summed E-state index contributed by atoms with van der Waals surface area (Å²) in [5.41, 5.74) is 4.49. The lowest BCUT2D eigenvalue weighted by Crippen LogP contribution is -2.18. The average molecular weight is 247 g/mol. The van der Waals surface area contributed by atoms with Crippen molar-refractivity contribution in [3.63, 3.8) is 0 Å². The lowest BCUT2D eigenvalue weighted by Gasteiger charge is -2.04. The molecule has 2 N–H and O–H groups in total. The van der Waals surface area contributed by atoms with Gasteiger partial charge >= 0.3 is 0 Å². The molecule has 5 heteroatoms. The van der Waals surface area contributed by atoms with Crippen molar-refractivity contribution < 1.29 is 9.59 Å². The fourth-order valence-electron chi connectivity index (χ4n) is 1.20. The number of hydrogen-bond donors (Lipinski definition) is 2. The van der Waals surface area contributed by atoms with Crippen molar-refractivity contribution in [2.75, 3.05) is 5.32 Å². The summed E-state index contributed by atoms with van der Waals surface area (Å²) in [6.45, 7) is 5.25. The van der Waals surface area contributed by atoms with E-state index in [1.807, 2.05) is 13.8 Å². The molecule has 1 rings (SSSR count). The van der Waals surface area contributed by atoms with Crippen LogP contribution in [0.1, 0.15) is 37.6 Å². The van der Waals surface area contributed by atoms with E-state index in [1.165, 1.54) is 6.92 Å². The maximum atomic E-state index is 11.7. The normalized spacial score (nSPS) is 10.9. The monoisotopic (exact) mass is 247 g/mol. The standard InChI is InChI=1S/C13H17N3O2/c1-4-9(2)15-16-13(18)11-5-7-12(8-6-11)14-10(3)17/h5-8H,4H2,1-3H3,(H,14,17)(H,16,18)/b15-9+. The molecule has 0 radical (unpaired) electrons. The molecule has 18 heavy (non-hydrogen) atoms. The third-order valence-electron chi connectivity index (χ3n) is 2.33. The lowest BCUT2D eigenvalue weighted by atomic mass is 10.2. The van der Waals surface area contributed by atoms with Gasteiger partial charge in [-0.3, -0.25) is 9.59 Å².